The van der Waals surface area contributed by atoms with E-state index in [0.29, 0.717) is 12.0 Å². The second-order valence-electron chi connectivity index (χ2n) is 6.05. The molecule has 2 heterocycles. The van der Waals surface area contributed by atoms with Crippen LogP contribution in [0, 0.1) is 0 Å². The summed E-state index contributed by atoms with van der Waals surface area (Å²) in [7, 11) is 0. The molecule has 1 unspecified atom stereocenters. The molecule has 0 aliphatic carbocycles. The molecule has 0 amide bonds. The van der Waals surface area contributed by atoms with Crippen molar-refractivity contribution in [3.8, 4) is 0 Å². The molecule has 3 rings (SSSR count). The molecule has 1 fully saturated rings. The lowest BCUT2D eigenvalue weighted by Crippen LogP contribution is -2.50. The van der Waals surface area contributed by atoms with Crippen LogP contribution in [-0.2, 0) is 6.42 Å². The molecule has 0 radical (unpaired) electrons. The fourth-order valence-electron chi connectivity index (χ4n) is 2.99. The second-order valence-corrected chi connectivity index (χ2v) is 6.97. The minimum absolute atomic E-state index is 0.310. The van der Waals surface area contributed by atoms with E-state index >= 15 is 0 Å². The number of nitrogen functional groups attached to an aromatic ring is 1. The summed E-state index contributed by atoms with van der Waals surface area (Å²) in [6.07, 6.45) is 2.30. The smallest absolute Gasteiger partial charge is 0.241 e. The Balaban J connectivity index is 1.46. The molecule has 3 N–H and O–H groups in total. The number of hydrogen-bond donors (Lipinski definition) is 2. The number of hydrogen-bond acceptors (Lipinski definition) is 5. The van der Waals surface area contributed by atoms with Gasteiger partial charge in [-0.05, 0) is 37.5 Å². The van der Waals surface area contributed by atoms with Gasteiger partial charge in [0.1, 0.15) is 0 Å². The Hall–Kier alpha value is -1.60. The Morgan fingerprint density at radius 3 is 2.52 bits per heavy atom. The molecule has 0 saturated carbocycles. The highest BCUT2D eigenvalue weighted by Crippen LogP contribution is 2.17. The predicted molar refractivity (Wildman–Crippen MR) is 96.5 cm³/mol. The standard InChI is InChI=1S/C16H23BrN6/c1-12(2-3-13-4-6-14(17)7-5-13)22-8-10-23(11-9-22)16-19-15(18)20-21-16/h4-7,12H,2-3,8-11H2,1H3,(H3,18,19,20,21). The SMILES string of the molecule is CC(CCc1ccc(Br)cc1)N1CCN(c2nc(N)n[nH]2)CC1. The van der Waals surface area contributed by atoms with Crippen molar-refractivity contribution >= 4 is 27.8 Å². The van der Waals surface area contributed by atoms with Crippen LogP contribution in [0.4, 0.5) is 11.9 Å². The lowest BCUT2D eigenvalue weighted by atomic mass is 10.0. The number of aryl methyl sites for hydroxylation is 1. The van der Waals surface area contributed by atoms with Gasteiger partial charge in [0.2, 0.25) is 11.9 Å². The zero-order valence-corrected chi connectivity index (χ0v) is 15.0. The molecule has 124 valence electrons. The van der Waals surface area contributed by atoms with Crippen LogP contribution in [0.2, 0.25) is 0 Å². The van der Waals surface area contributed by atoms with Gasteiger partial charge in [0.05, 0.1) is 0 Å². The molecule has 6 nitrogen and oxygen atoms in total. The maximum Gasteiger partial charge on any atom is 0.241 e. The van der Waals surface area contributed by atoms with Gasteiger partial charge in [-0.1, -0.05) is 28.1 Å². The summed E-state index contributed by atoms with van der Waals surface area (Å²) in [5.41, 5.74) is 6.97. The van der Waals surface area contributed by atoms with E-state index in [4.69, 9.17) is 5.73 Å². The van der Waals surface area contributed by atoms with Crippen LogP contribution in [0.15, 0.2) is 28.7 Å². The van der Waals surface area contributed by atoms with Gasteiger partial charge < -0.3 is 10.6 Å². The van der Waals surface area contributed by atoms with E-state index < -0.39 is 0 Å². The third-order valence-electron chi connectivity index (χ3n) is 4.49. The summed E-state index contributed by atoms with van der Waals surface area (Å²) in [6.45, 7) is 6.32. The van der Waals surface area contributed by atoms with E-state index in [9.17, 15) is 0 Å². The van der Waals surface area contributed by atoms with E-state index in [-0.39, 0.29) is 0 Å². The summed E-state index contributed by atoms with van der Waals surface area (Å²) in [5.74, 6) is 1.09. The van der Waals surface area contributed by atoms with Crippen LogP contribution in [-0.4, -0.2) is 52.3 Å². The minimum atomic E-state index is 0.310. The molecular formula is C16H23BrN6. The van der Waals surface area contributed by atoms with Gasteiger partial charge in [-0.3, -0.25) is 4.90 Å². The van der Waals surface area contributed by atoms with Crippen molar-refractivity contribution in [3.05, 3.63) is 34.3 Å². The molecule has 2 aromatic rings. The van der Waals surface area contributed by atoms with Crippen molar-refractivity contribution in [3.63, 3.8) is 0 Å². The molecule has 1 atom stereocenters. The number of nitrogens with two attached hydrogens (primary N) is 1. The summed E-state index contributed by atoms with van der Waals surface area (Å²) in [4.78, 5) is 8.96. The number of halogens is 1. The molecule has 1 aromatic heterocycles. The molecular weight excluding hydrogens is 356 g/mol. The van der Waals surface area contributed by atoms with Crippen molar-refractivity contribution in [1.29, 1.82) is 0 Å². The van der Waals surface area contributed by atoms with Crippen molar-refractivity contribution < 1.29 is 0 Å². The van der Waals surface area contributed by atoms with Crippen molar-refractivity contribution in [2.24, 2.45) is 0 Å². The predicted octanol–water partition coefficient (Wildman–Crippen LogP) is 2.29. The zero-order valence-electron chi connectivity index (χ0n) is 13.4. The molecule has 0 bridgehead atoms. The molecule has 1 aromatic carbocycles. The summed E-state index contributed by atoms with van der Waals surface area (Å²) in [6, 6.07) is 9.20. The third-order valence-corrected chi connectivity index (χ3v) is 5.02. The molecule has 1 aliphatic heterocycles. The lowest BCUT2D eigenvalue weighted by molar-refractivity contribution is 0.188. The minimum Gasteiger partial charge on any atom is -0.366 e. The molecule has 7 heteroatoms. The summed E-state index contributed by atoms with van der Waals surface area (Å²) in [5, 5.41) is 6.79. The first-order chi connectivity index (χ1) is 11.1. The Kier molecular flexibility index (Phi) is 5.17. The maximum absolute atomic E-state index is 5.57. The number of aromatic nitrogens is 3. The molecule has 23 heavy (non-hydrogen) atoms. The van der Waals surface area contributed by atoms with E-state index in [1.54, 1.807) is 0 Å². The number of aromatic amines is 1. The van der Waals surface area contributed by atoms with E-state index in [2.05, 4.69) is 72.1 Å². The average Bonchev–Trinajstić information content (AvgIpc) is 3.01. The van der Waals surface area contributed by atoms with Crippen LogP contribution in [0.5, 0.6) is 0 Å². The second kappa shape index (κ2) is 7.31. The van der Waals surface area contributed by atoms with Gasteiger partial charge in [-0.2, -0.15) is 4.98 Å². The van der Waals surface area contributed by atoms with Crippen LogP contribution in [0.3, 0.4) is 0 Å². The number of nitrogens with one attached hydrogen (secondary N) is 1. The highest BCUT2D eigenvalue weighted by molar-refractivity contribution is 9.10. The first-order valence-corrected chi connectivity index (χ1v) is 8.82. The Labute approximate surface area is 145 Å². The summed E-state index contributed by atoms with van der Waals surface area (Å²) >= 11 is 3.48. The Morgan fingerprint density at radius 1 is 1.22 bits per heavy atom. The van der Waals surface area contributed by atoms with Gasteiger partial charge in [0, 0.05) is 36.7 Å². The summed E-state index contributed by atoms with van der Waals surface area (Å²) < 4.78 is 1.14. The lowest BCUT2D eigenvalue weighted by Gasteiger charge is -2.37. The van der Waals surface area contributed by atoms with Gasteiger partial charge in [-0.15, -0.1) is 5.10 Å². The van der Waals surface area contributed by atoms with Crippen LogP contribution < -0.4 is 10.6 Å². The molecule has 1 saturated heterocycles. The Bertz CT molecular complexity index is 618. The number of anilines is 2. The highest BCUT2D eigenvalue weighted by atomic mass is 79.9. The third kappa shape index (κ3) is 4.23. The van der Waals surface area contributed by atoms with Gasteiger partial charge >= 0.3 is 0 Å². The fraction of sp³-hybridized carbons (Fsp3) is 0.500. The number of piperazine rings is 1. The van der Waals surface area contributed by atoms with Crippen molar-refractivity contribution in [2.75, 3.05) is 36.8 Å². The fourth-order valence-corrected chi connectivity index (χ4v) is 3.26. The Morgan fingerprint density at radius 2 is 1.91 bits per heavy atom. The normalized spacial score (nSPS) is 17.4. The topological polar surface area (TPSA) is 74.1 Å². The van der Waals surface area contributed by atoms with Crippen LogP contribution in [0.25, 0.3) is 0 Å². The maximum atomic E-state index is 5.57. The number of nitrogens with zero attached hydrogens (tertiary/aromatic N) is 4. The van der Waals surface area contributed by atoms with E-state index in [1.807, 2.05) is 0 Å². The quantitative estimate of drug-likeness (QED) is 0.834. The van der Waals surface area contributed by atoms with Crippen molar-refractivity contribution in [2.45, 2.75) is 25.8 Å². The largest absolute Gasteiger partial charge is 0.366 e. The van der Waals surface area contributed by atoms with Gasteiger partial charge in [0.25, 0.3) is 0 Å². The zero-order chi connectivity index (χ0) is 16.2. The first kappa shape index (κ1) is 16.3. The van der Waals surface area contributed by atoms with Crippen molar-refractivity contribution in [1.82, 2.24) is 20.1 Å². The number of H-pyrrole nitrogens is 1. The molecule has 0 spiro atoms. The first-order valence-electron chi connectivity index (χ1n) is 8.03. The number of benzene rings is 1. The highest BCUT2D eigenvalue weighted by Gasteiger charge is 2.22. The molecule has 1 aliphatic rings. The van der Waals surface area contributed by atoms with E-state index in [0.717, 1.165) is 43.0 Å². The van der Waals surface area contributed by atoms with Gasteiger partial charge in [-0.25, -0.2) is 5.10 Å². The van der Waals surface area contributed by atoms with Crippen LogP contribution >= 0.6 is 15.9 Å². The average molecular weight is 379 g/mol. The van der Waals surface area contributed by atoms with Gasteiger partial charge in [0.15, 0.2) is 0 Å². The number of rotatable bonds is 5. The van der Waals surface area contributed by atoms with Crippen LogP contribution in [0.1, 0.15) is 18.9 Å². The monoisotopic (exact) mass is 378 g/mol. The van der Waals surface area contributed by atoms with E-state index in [1.165, 1.54) is 12.0 Å².